The van der Waals surface area contributed by atoms with Crippen LogP contribution in [-0.4, -0.2) is 23.1 Å². The fraction of sp³-hybridized carbons (Fsp3) is 0.100. The second kappa shape index (κ2) is 4.91. The van der Waals surface area contributed by atoms with Crippen LogP contribution >= 0.6 is 0 Å². The zero-order valence-corrected chi connectivity index (χ0v) is 7.55. The van der Waals surface area contributed by atoms with Crippen LogP contribution in [0.4, 0.5) is 0 Å². The molecular weight excluding hydrogens is 182 g/mol. The van der Waals surface area contributed by atoms with E-state index in [4.69, 9.17) is 9.94 Å². The van der Waals surface area contributed by atoms with Gasteiger partial charge in [0, 0.05) is 11.6 Å². The third-order valence-electron chi connectivity index (χ3n) is 1.57. The van der Waals surface area contributed by atoms with Gasteiger partial charge in [-0.3, -0.25) is 0 Å². The second-order valence-electron chi connectivity index (χ2n) is 2.56. The molecule has 0 spiro atoms. The van der Waals surface area contributed by atoms with Crippen molar-refractivity contribution < 1.29 is 15.1 Å². The van der Waals surface area contributed by atoms with Crippen LogP contribution < -0.4 is 4.74 Å². The first-order valence-electron chi connectivity index (χ1n) is 4.02. The largest absolute Gasteiger partial charge is 0.507 e. The molecule has 0 saturated heterocycles. The number of oxime groups is 1. The van der Waals surface area contributed by atoms with Crippen LogP contribution in [0.5, 0.6) is 11.5 Å². The Morgan fingerprint density at radius 3 is 2.86 bits per heavy atom. The molecule has 4 heteroatoms. The molecule has 1 aromatic rings. The summed E-state index contributed by atoms with van der Waals surface area (Å²) in [6.45, 7) is 3.89. The number of benzene rings is 1. The molecule has 0 aliphatic heterocycles. The van der Waals surface area contributed by atoms with E-state index in [1.54, 1.807) is 18.2 Å². The lowest BCUT2D eigenvalue weighted by Crippen LogP contribution is -1.93. The van der Waals surface area contributed by atoms with Crippen molar-refractivity contribution in [2.45, 2.75) is 0 Å². The third kappa shape index (κ3) is 2.52. The van der Waals surface area contributed by atoms with Crippen LogP contribution in [0.3, 0.4) is 0 Å². The van der Waals surface area contributed by atoms with Crippen molar-refractivity contribution in [3.63, 3.8) is 0 Å². The zero-order valence-electron chi connectivity index (χ0n) is 7.55. The molecule has 0 saturated carbocycles. The van der Waals surface area contributed by atoms with Gasteiger partial charge in [0.25, 0.3) is 0 Å². The zero-order chi connectivity index (χ0) is 10.4. The van der Waals surface area contributed by atoms with Gasteiger partial charge in [0.2, 0.25) is 0 Å². The summed E-state index contributed by atoms with van der Waals surface area (Å²) in [7, 11) is 0. The first-order valence-corrected chi connectivity index (χ1v) is 4.02. The Balaban J connectivity index is 2.83. The number of aromatic hydroxyl groups is 1. The van der Waals surface area contributed by atoms with E-state index in [-0.39, 0.29) is 5.75 Å². The highest BCUT2D eigenvalue weighted by molar-refractivity contribution is 5.83. The maximum absolute atomic E-state index is 9.41. The average molecular weight is 193 g/mol. The van der Waals surface area contributed by atoms with E-state index in [2.05, 4.69) is 11.7 Å². The summed E-state index contributed by atoms with van der Waals surface area (Å²) in [5.41, 5.74) is 0.429. The molecule has 1 aromatic carbocycles. The van der Waals surface area contributed by atoms with E-state index in [0.717, 1.165) is 6.21 Å². The topological polar surface area (TPSA) is 62.0 Å². The van der Waals surface area contributed by atoms with Crippen molar-refractivity contribution in [2.75, 3.05) is 6.61 Å². The summed E-state index contributed by atoms with van der Waals surface area (Å²) in [5, 5.41) is 20.5. The minimum Gasteiger partial charge on any atom is -0.507 e. The Morgan fingerprint density at radius 2 is 2.29 bits per heavy atom. The molecule has 0 radical (unpaired) electrons. The first kappa shape index (κ1) is 10.1. The van der Waals surface area contributed by atoms with Gasteiger partial charge in [0.1, 0.15) is 18.1 Å². The molecule has 0 aromatic heterocycles. The summed E-state index contributed by atoms with van der Waals surface area (Å²) < 4.78 is 5.18. The number of hydrogen-bond donors (Lipinski definition) is 2. The van der Waals surface area contributed by atoms with Gasteiger partial charge in [-0.15, -0.1) is 0 Å². The van der Waals surface area contributed by atoms with Crippen molar-refractivity contribution >= 4 is 6.21 Å². The molecular formula is C10H11NO3. The Morgan fingerprint density at radius 1 is 1.50 bits per heavy atom. The van der Waals surface area contributed by atoms with Gasteiger partial charge in [-0.1, -0.05) is 17.8 Å². The van der Waals surface area contributed by atoms with Crippen LogP contribution in [-0.2, 0) is 0 Å². The monoisotopic (exact) mass is 193 g/mol. The molecule has 74 valence electrons. The van der Waals surface area contributed by atoms with Gasteiger partial charge in [-0.05, 0) is 12.1 Å². The molecule has 4 nitrogen and oxygen atoms in total. The second-order valence-corrected chi connectivity index (χ2v) is 2.56. The third-order valence-corrected chi connectivity index (χ3v) is 1.57. The lowest BCUT2D eigenvalue weighted by Gasteiger charge is -2.04. The van der Waals surface area contributed by atoms with Crippen LogP contribution in [0.2, 0.25) is 0 Å². The van der Waals surface area contributed by atoms with Crippen molar-refractivity contribution in [2.24, 2.45) is 5.16 Å². The molecule has 0 aliphatic rings. The Hall–Kier alpha value is -1.97. The van der Waals surface area contributed by atoms with E-state index in [1.807, 2.05) is 0 Å². The lowest BCUT2D eigenvalue weighted by molar-refractivity contribution is 0.321. The lowest BCUT2D eigenvalue weighted by atomic mass is 10.2. The van der Waals surface area contributed by atoms with Gasteiger partial charge in [-0.2, -0.15) is 0 Å². The van der Waals surface area contributed by atoms with E-state index >= 15 is 0 Å². The summed E-state index contributed by atoms with van der Waals surface area (Å²) >= 11 is 0. The Bertz CT molecular complexity index is 347. The molecule has 2 N–H and O–H groups in total. The van der Waals surface area contributed by atoms with E-state index in [1.165, 1.54) is 6.07 Å². The van der Waals surface area contributed by atoms with Crippen LogP contribution in [0.25, 0.3) is 0 Å². The first-order chi connectivity index (χ1) is 6.77. The highest BCUT2D eigenvalue weighted by Gasteiger charge is 2.00. The molecule has 0 heterocycles. The van der Waals surface area contributed by atoms with Gasteiger partial charge in [0.15, 0.2) is 0 Å². The molecule has 0 bridgehead atoms. The van der Waals surface area contributed by atoms with Gasteiger partial charge < -0.3 is 15.1 Å². The Labute approximate surface area is 81.8 Å². The number of hydrogen-bond acceptors (Lipinski definition) is 4. The van der Waals surface area contributed by atoms with E-state index in [9.17, 15) is 5.11 Å². The molecule has 0 amide bonds. The van der Waals surface area contributed by atoms with Crippen molar-refractivity contribution in [1.82, 2.24) is 0 Å². The number of nitrogens with zero attached hydrogens (tertiary/aromatic N) is 1. The van der Waals surface area contributed by atoms with Crippen LogP contribution in [0.15, 0.2) is 36.0 Å². The number of phenols is 1. The standard InChI is InChI=1S/C10H11NO3/c1-2-5-14-9-4-3-8(7-11-13)10(12)6-9/h2-4,6-7,12-13H,1,5H2. The number of phenolic OH excluding ortho intramolecular Hbond substituents is 1. The summed E-state index contributed by atoms with van der Waals surface area (Å²) in [6, 6.07) is 4.70. The molecule has 0 unspecified atom stereocenters. The average Bonchev–Trinajstić information content (AvgIpc) is 2.19. The summed E-state index contributed by atoms with van der Waals surface area (Å²) in [4.78, 5) is 0. The number of ether oxygens (including phenoxy) is 1. The minimum atomic E-state index is 0.00404. The van der Waals surface area contributed by atoms with Crippen molar-refractivity contribution in [3.8, 4) is 11.5 Å². The SMILES string of the molecule is C=CCOc1ccc(C=NO)c(O)c1. The highest BCUT2D eigenvalue weighted by Crippen LogP contribution is 2.22. The van der Waals surface area contributed by atoms with E-state index in [0.29, 0.717) is 17.9 Å². The van der Waals surface area contributed by atoms with Crippen molar-refractivity contribution in [1.29, 1.82) is 0 Å². The van der Waals surface area contributed by atoms with Gasteiger partial charge in [-0.25, -0.2) is 0 Å². The van der Waals surface area contributed by atoms with E-state index < -0.39 is 0 Å². The Kier molecular flexibility index (Phi) is 3.55. The normalized spacial score (nSPS) is 10.3. The maximum Gasteiger partial charge on any atom is 0.128 e. The molecule has 0 fully saturated rings. The molecule has 0 atom stereocenters. The van der Waals surface area contributed by atoms with Crippen LogP contribution in [0, 0.1) is 0 Å². The quantitative estimate of drug-likeness (QED) is 0.331. The molecule has 0 aliphatic carbocycles. The molecule has 1 rings (SSSR count). The van der Waals surface area contributed by atoms with Crippen LogP contribution in [0.1, 0.15) is 5.56 Å². The van der Waals surface area contributed by atoms with Gasteiger partial charge >= 0.3 is 0 Å². The maximum atomic E-state index is 9.41. The molecule has 14 heavy (non-hydrogen) atoms. The van der Waals surface area contributed by atoms with Gasteiger partial charge in [0.05, 0.1) is 6.21 Å². The fourth-order valence-corrected chi connectivity index (χ4v) is 0.940. The summed E-state index contributed by atoms with van der Waals surface area (Å²) in [5.74, 6) is 0.543. The highest BCUT2D eigenvalue weighted by atomic mass is 16.5. The fourth-order valence-electron chi connectivity index (χ4n) is 0.940. The summed E-state index contributed by atoms with van der Waals surface area (Å²) in [6.07, 6.45) is 2.76. The minimum absolute atomic E-state index is 0.00404. The smallest absolute Gasteiger partial charge is 0.128 e. The number of rotatable bonds is 4. The van der Waals surface area contributed by atoms with Crippen molar-refractivity contribution in [3.05, 3.63) is 36.4 Å². The predicted octanol–water partition coefficient (Wildman–Crippen LogP) is 1.77. The predicted molar refractivity (Wildman–Crippen MR) is 53.2 cm³/mol.